The van der Waals surface area contributed by atoms with Gasteiger partial charge in [0, 0.05) is 12.2 Å². The predicted molar refractivity (Wildman–Crippen MR) is 62.2 cm³/mol. The van der Waals surface area contributed by atoms with Crippen molar-refractivity contribution in [1.82, 2.24) is 10.3 Å². The van der Waals surface area contributed by atoms with Crippen molar-refractivity contribution in [2.45, 2.75) is 13.0 Å². The van der Waals surface area contributed by atoms with E-state index in [-0.39, 0.29) is 30.9 Å². The van der Waals surface area contributed by atoms with Crippen molar-refractivity contribution in [2.75, 3.05) is 18.0 Å². The van der Waals surface area contributed by atoms with Crippen LogP contribution in [-0.2, 0) is 9.59 Å². The summed E-state index contributed by atoms with van der Waals surface area (Å²) in [5.41, 5.74) is 6.70. The Morgan fingerprint density at radius 1 is 1.41 bits per heavy atom. The van der Waals surface area contributed by atoms with Gasteiger partial charge in [-0.05, 0) is 24.6 Å². The van der Waals surface area contributed by atoms with Crippen LogP contribution >= 0.6 is 0 Å². The number of nitrogens with zero attached hydrogens (tertiary/aromatic N) is 2. The number of aromatic nitrogens is 1. The molecule has 2 amide bonds. The summed E-state index contributed by atoms with van der Waals surface area (Å²) in [6, 6.07) is 3.52. The highest BCUT2D eigenvalue weighted by atomic mass is 16.2. The predicted octanol–water partition coefficient (Wildman–Crippen LogP) is -0.436. The van der Waals surface area contributed by atoms with Gasteiger partial charge in [-0.2, -0.15) is 0 Å². The van der Waals surface area contributed by atoms with E-state index in [2.05, 4.69) is 10.3 Å². The van der Waals surface area contributed by atoms with Crippen LogP contribution < -0.4 is 16.0 Å². The molecule has 1 unspecified atom stereocenters. The van der Waals surface area contributed by atoms with E-state index in [1.807, 2.05) is 13.0 Å². The monoisotopic (exact) mass is 234 g/mol. The summed E-state index contributed by atoms with van der Waals surface area (Å²) in [4.78, 5) is 28.3. The third-order valence-corrected chi connectivity index (χ3v) is 2.57. The Morgan fingerprint density at radius 3 is 2.65 bits per heavy atom. The van der Waals surface area contributed by atoms with Crippen molar-refractivity contribution in [2.24, 2.45) is 5.73 Å². The highest BCUT2D eigenvalue weighted by Gasteiger charge is 2.23. The van der Waals surface area contributed by atoms with Gasteiger partial charge in [0.2, 0.25) is 11.8 Å². The number of nitrogens with one attached hydrogen (secondary N) is 1. The zero-order chi connectivity index (χ0) is 12.4. The number of imide groups is 1. The van der Waals surface area contributed by atoms with E-state index in [0.717, 1.165) is 5.56 Å². The number of pyridine rings is 1. The maximum absolute atomic E-state index is 11.2. The lowest BCUT2D eigenvalue weighted by Crippen LogP contribution is -2.51. The van der Waals surface area contributed by atoms with Crippen LogP contribution in [0.15, 0.2) is 18.3 Å². The molecule has 0 bridgehead atoms. The molecule has 6 heteroatoms. The Hall–Kier alpha value is -1.95. The summed E-state index contributed by atoms with van der Waals surface area (Å²) < 4.78 is 0. The highest BCUT2D eigenvalue weighted by Crippen LogP contribution is 2.17. The Kier molecular flexibility index (Phi) is 3.06. The maximum Gasteiger partial charge on any atom is 0.246 e. The molecule has 0 aliphatic carbocycles. The lowest BCUT2D eigenvalue weighted by molar-refractivity contribution is -0.130. The van der Waals surface area contributed by atoms with E-state index in [4.69, 9.17) is 5.73 Å². The van der Waals surface area contributed by atoms with Crippen LogP contribution in [0.5, 0.6) is 0 Å². The minimum atomic E-state index is -0.311. The first-order chi connectivity index (χ1) is 8.06. The van der Waals surface area contributed by atoms with Gasteiger partial charge in [0.15, 0.2) is 0 Å². The molecule has 1 fully saturated rings. The molecule has 0 saturated carbocycles. The van der Waals surface area contributed by atoms with Crippen LogP contribution in [0.25, 0.3) is 0 Å². The molecule has 2 rings (SSSR count). The van der Waals surface area contributed by atoms with Crippen LogP contribution in [0.4, 0.5) is 5.82 Å². The first-order valence-corrected chi connectivity index (χ1v) is 5.35. The quantitative estimate of drug-likeness (QED) is 0.677. The van der Waals surface area contributed by atoms with Gasteiger partial charge >= 0.3 is 0 Å². The second-order valence-corrected chi connectivity index (χ2v) is 4.06. The molecule has 1 atom stereocenters. The molecule has 0 radical (unpaired) electrons. The number of nitrogens with two attached hydrogens (primary N) is 1. The largest absolute Gasteiger partial charge is 0.338 e. The van der Waals surface area contributed by atoms with Crippen molar-refractivity contribution in [3.63, 3.8) is 0 Å². The summed E-state index contributed by atoms with van der Waals surface area (Å²) in [5, 5.41) is 2.24. The van der Waals surface area contributed by atoms with E-state index in [1.165, 1.54) is 0 Å². The number of hydrogen-bond acceptors (Lipinski definition) is 5. The summed E-state index contributed by atoms with van der Waals surface area (Å²) in [6.07, 6.45) is 1.63. The van der Waals surface area contributed by atoms with Crippen molar-refractivity contribution in [1.29, 1.82) is 0 Å². The number of carbonyl (C=O) groups is 2. The van der Waals surface area contributed by atoms with Gasteiger partial charge in [0.25, 0.3) is 0 Å². The molecular weight excluding hydrogens is 220 g/mol. The third kappa shape index (κ3) is 2.59. The van der Waals surface area contributed by atoms with Crippen molar-refractivity contribution < 1.29 is 9.59 Å². The number of amides is 2. The zero-order valence-electron chi connectivity index (χ0n) is 9.51. The summed E-state index contributed by atoms with van der Waals surface area (Å²) in [5.74, 6) is -0.0218. The van der Waals surface area contributed by atoms with Gasteiger partial charge in [-0.3, -0.25) is 14.9 Å². The maximum atomic E-state index is 11.2. The Labute approximate surface area is 98.8 Å². The molecular formula is C11H14N4O2. The van der Waals surface area contributed by atoms with Gasteiger partial charge in [0.05, 0.1) is 13.1 Å². The summed E-state index contributed by atoms with van der Waals surface area (Å²) in [7, 11) is 0. The van der Waals surface area contributed by atoms with Gasteiger partial charge < -0.3 is 10.6 Å². The van der Waals surface area contributed by atoms with E-state index in [1.54, 1.807) is 17.2 Å². The van der Waals surface area contributed by atoms with Crippen LogP contribution in [0.1, 0.15) is 18.5 Å². The van der Waals surface area contributed by atoms with Gasteiger partial charge in [0.1, 0.15) is 5.82 Å². The Bertz CT molecular complexity index is 443. The second kappa shape index (κ2) is 4.50. The summed E-state index contributed by atoms with van der Waals surface area (Å²) in [6.45, 7) is 2.15. The van der Waals surface area contributed by atoms with Crippen LogP contribution in [0, 0.1) is 0 Å². The fraction of sp³-hybridized carbons (Fsp3) is 0.364. The number of anilines is 1. The van der Waals surface area contributed by atoms with Crippen molar-refractivity contribution in [3.05, 3.63) is 23.9 Å². The van der Waals surface area contributed by atoms with E-state index in [9.17, 15) is 9.59 Å². The molecule has 17 heavy (non-hydrogen) atoms. The minimum absolute atomic E-state index is 0.105. The SMILES string of the molecule is CC(N)c1ccnc(N2CC(=O)NC(=O)C2)c1. The Balaban J connectivity index is 2.24. The molecule has 1 aromatic rings. The fourth-order valence-corrected chi connectivity index (χ4v) is 1.69. The zero-order valence-corrected chi connectivity index (χ0v) is 9.51. The van der Waals surface area contributed by atoms with Gasteiger partial charge in [-0.15, -0.1) is 0 Å². The van der Waals surface area contributed by atoms with Crippen LogP contribution in [0.3, 0.4) is 0 Å². The molecule has 0 aromatic carbocycles. The first-order valence-electron chi connectivity index (χ1n) is 5.35. The molecule has 3 N–H and O–H groups in total. The van der Waals surface area contributed by atoms with Crippen LogP contribution in [0.2, 0.25) is 0 Å². The second-order valence-electron chi connectivity index (χ2n) is 4.06. The molecule has 1 aromatic heterocycles. The minimum Gasteiger partial charge on any atom is -0.338 e. The fourth-order valence-electron chi connectivity index (χ4n) is 1.69. The lowest BCUT2D eigenvalue weighted by atomic mass is 10.1. The molecule has 1 aliphatic heterocycles. The molecule has 0 spiro atoms. The third-order valence-electron chi connectivity index (χ3n) is 2.57. The Morgan fingerprint density at radius 2 is 2.06 bits per heavy atom. The summed E-state index contributed by atoms with van der Waals surface area (Å²) >= 11 is 0. The lowest BCUT2D eigenvalue weighted by Gasteiger charge is -2.26. The van der Waals surface area contributed by atoms with Crippen LogP contribution in [-0.4, -0.2) is 29.9 Å². The number of carbonyl (C=O) groups excluding carboxylic acids is 2. The molecule has 90 valence electrons. The average molecular weight is 234 g/mol. The van der Waals surface area contributed by atoms with Gasteiger partial charge in [-0.25, -0.2) is 4.98 Å². The highest BCUT2D eigenvalue weighted by molar-refractivity contribution is 6.02. The molecule has 1 aliphatic rings. The molecule has 6 nitrogen and oxygen atoms in total. The number of rotatable bonds is 2. The van der Waals surface area contributed by atoms with Crippen molar-refractivity contribution in [3.8, 4) is 0 Å². The van der Waals surface area contributed by atoms with Gasteiger partial charge in [-0.1, -0.05) is 0 Å². The normalized spacial score (nSPS) is 17.9. The average Bonchev–Trinajstić information content (AvgIpc) is 2.28. The number of hydrogen-bond donors (Lipinski definition) is 2. The topological polar surface area (TPSA) is 88.3 Å². The molecule has 2 heterocycles. The smallest absolute Gasteiger partial charge is 0.246 e. The van der Waals surface area contributed by atoms with E-state index < -0.39 is 0 Å². The molecule has 1 saturated heterocycles. The van der Waals surface area contributed by atoms with E-state index >= 15 is 0 Å². The number of piperazine rings is 1. The van der Waals surface area contributed by atoms with E-state index in [0.29, 0.717) is 5.82 Å². The van der Waals surface area contributed by atoms with Crippen molar-refractivity contribution >= 4 is 17.6 Å². The standard InChI is InChI=1S/C11H14N4O2/c1-7(12)8-2-3-13-9(4-8)15-5-10(16)14-11(17)6-15/h2-4,7H,5-6,12H2,1H3,(H,14,16,17). The first kappa shape index (κ1) is 11.5.